The number of carbonyl (C=O) groups excluding carboxylic acids is 1. The Kier molecular flexibility index (Phi) is 6.19. The highest BCUT2D eigenvalue weighted by Gasteiger charge is 2.12. The maximum Gasteiger partial charge on any atom is 0.255 e. The van der Waals surface area contributed by atoms with E-state index in [1.807, 2.05) is 32.1 Å². The Hall–Kier alpha value is -1.87. The van der Waals surface area contributed by atoms with Crippen LogP contribution in [-0.4, -0.2) is 11.9 Å². The Morgan fingerprint density at radius 1 is 1.55 bits per heavy atom. The second kappa shape index (κ2) is 7.65. The van der Waals surface area contributed by atoms with Crippen molar-refractivity contribution < 1.29 is 4.79 Å². The van der Waals surface area contributed by atoms with Crippen LogP contribution in [0.4, 0.5) is 0 Å². The summed E-state index contributed by atoms with van der Waals surface area (Å²) in [6.45, 7) is 9.88. The van der Waals surface area contributed by atoms with Gasteiger partial charge in [-0.15, -0.1) is 0 Å². The van der Waals surface area contributed by atoms with Crippen molar-refractivity contribution in [3.63, 3.8) is 0 Å². The summed E-state index contributed by atoms with van der Waals surface area (Å²) in [7, 11) is 0. The molecule has 0 radical (unpaired) electrons. The first-order chi connectivity index (χ1) is 9.43. The summed E-state index contributed by atoms with van der Waals surface area (Å²) in [6, 6.07) is 0.0115. The van der Waals surface area contributed by atoms with Crippen LogP contribution in [0.5, 0.6) is 0 Å². The fraction of sp³-hybridized carbons (Fsp3) is 0.353. The van der Waals surface area contributed by atoms with Crippen LogP contribution in [0.1, 0.15) is 33.6 Å². The van der Waals surface area contributed by atoms with E-state index in [4.69, 9.17) is 5.73 Å². The van der Waals surface area contributed by atoms with Gasteiger partial charge in [0.25, 0.3) is 5.91 Å². The van der Waals surface area contributed by atoms with Crippen LogP contribution >= 0.6 is 0 Å². The summed E-state index contributed by atoms with van der Waals surface area (Å²) in [5.41, 5.74) is 9.09. The highest BCUT2D eigenvalue weighted by atomic mass is 16.1. The largest absolute Gasteiger partial charge is 0.324 e. The van der Waals surface area contributed by atoms with Gasteiger partial charge >= 0.3 is 0 Å². The smallest absolute Gasteiger partial charge is 0.255 e. The molecule has 1 atom stereocenters. The molecule has 0 aliphatic heterocycles. The maximum absolute atomic E-state index is 12.2. The van der Waals surface area contributed by atoms with Crippen molar-refractivity contribution in [1.82, 2.24) is 5.32 Å². The van der Waals surface area contributed by atoms with Crippen molar-refractivity contribution in [1.29, 1.82) is 0 Å². The third kappa shape index (κ3) is 5.02. The number of nitrogens with two attached hydrogens (primary N) is 1. The van der Waals surface area contributed by atoms with Gasteiger partial charge in [0, 0.05) is 17.3 Å². The standard InChI is InChI=1S/C17H24N2O/c1-5-6-13(4)11-16(12(2)3)19-17(20)14-7-9-15(18)10-8-14/h6-9,11,15H,2,5,10,18H2,1,3-4H3,(H,19,20)/b13-6-,16-11+. The van der Waals surface area contributed by atoms with Crippen molar-refractivity contribution in [2.75, 3.05) is 0 Å². The molecule has 1 aliphatic rings. The fourth-order valence-electron chi connectivity index (χ4n) is 1.87. The van der Waals surface area contributed by atoms with E-state index < -0.39 is 0 Å². The Morgan fingerprint density at radius 3 is 2.75 bits per heavy atom. The van der Waals surface area contributed by atoms with Crippen LogP contribution in [0, 0.1) is 0 Å². The zero-order valence-corrected chi connectivity index (χ0v) is 12.6. The van der Waals surface area contributed by atoms with Crippen LogP contribution in [0.15, 0.2) is 59.4 Å². The minimum absolute atomic E-state index is 0.0115. The third-order valence-electron chi connectivity index (χ3n) is 3.00. The molecule has 1 amide bonds. The molecule has 3 heteroatoms. The molecule has 0 saturated heterocycles. The molecule has 3 nitrogen and oxygen atoms in total. The molecule has 0 bridgehead atoms. The lowest BCUT2D eigenvalue weighted by molar-refractivity contribution is -0.116. The second-order valence-corrected chi connectivity index (χ2v) is 5.07. The van der Waals surface area contributed by atoms with Crippen molar-refractivity contribution in [3.8, 4) is 0 Å². The van der Waals surface area contributed by atoms with Gasteiger partial charge in [-0.1, -0.05) is 43.4 Å². The van der Waals surface area contributed by atoms with Crippen LogP contribution in [0.3, 0.4) is 0 Å². The number of allylic oxidation sites excluding steroid dienone is 4. The summed E-state index contributed by atoms with van der Waals surface area (Å²) in [4.78, 5) is 12.2. The van der Waals surface area contributed by atoms with Crippen LogP contribution in [-0.2, 0) is 4.79 Å². The van der Waals surface area contributed by atoms with Crippen molar-refractivity contribution >= 4 is 5.91 Å². The third-order valence-corrected chi connectivity index (χ3v) is 3.00. The topological polar surface area (TPSA) is 55.1 Å². The number of amides is 1. The lowest BCUT2D eigenvalue weighted by atomic mass is 10.0. The lowest BCUT2D eigenvalue weighted by Gasteiger charge is -2.14. The predicted octanol–water partition coefficient (Wildman–Crippen LogP) is 3.13. The Bertz CT molecular complexity index is 507. The molecule has 0 aromatic carbocycles. The van der Waals surface area contributed by atoms with Gasteiger partial charge in [-0.2, -0.15) is 0 Å². The lowest BCUT2D eigenvalue weighted by Crippen LogP contribution is -2.27. The number of rotatable bonds is 5. The number of hydrogen-bond acceptors (Lipinski definition) is 2. The number of carbonyl (C=O) groups is 1. The minimum Gasteiger partial charge on any atom is -0.324 e. The van der Waals surface area contributed by atoms with E-state index in [1.165, 1.54) is 0 Å². The molecule has 0 aromatic heterocycles. The molecule has 20 heavy (non-hydrogen) atoms. The molecule has 108 valence electrons. The molecule has 1 rings (SSSR count). The summed E-state index contributed by atoms with van der Waals surface area (Å²) in [5, 5.41) is 2.91. The summed E-state index contributed by atoms with van der Waals surface area (Å²) >= 11 is 0. The van der Waals surface area contributed by atoms with Gasteiger partial charge in [-0.3, -0.25) is 4.79 Å². The molecule has 1 aliphatic carbocycles. The van der Waals surface area contributed by atoms with Gasteiger partial charge < -0.3 is 11.1 Å². The highest BCUT2D eigenvalue weighted by molar-refractivity contribution is 5.97. The fourth-order valence-corrected chi connectivity index (χ4v) is 1.87. The van der Waals surface area contributed by atoms with Gasteiger partial charge in [0.1, 0.15) is 0 Å². The monoisotopic (exact) mass is 272 g/mol. The molecule has 1 unspecified atom stereocenters. The van der Waals surface area contributed by atoms with Crippen LogP contribution in [0.2, 0.25) is 0 Å². The van der Waals surface area contributed by atoms with Crippen molar-refractivity contribution in [2.45, 2.75) is 39.7 Å². The van der Waals surface area contributed by atoms with E-state index in [9.17, 15) is 4.79 Å². The maximum atomic E-state index is 12.2. The second-order valence-electron chi connectivity index (χ2n) is 5.07. The highest BCUT2D eigenvalue weighted by Crippen LogP contribution is 2.13. The molecule has 3 N–H and O–H groups in total. The first-order valence-electron chi connectivity index (χ1n) is 6.93. The van der Waals surface area contributed by atoms with Gasteiger partial charge in [-0.05, 0) is 38.3 Å². The quantitative estimate of drug-likeness (QED) is 0.755. The average Bonchev–Trinajstić information content (AvgIpc) is 2.38. The first-order valence-corrected chi connectivity index (χ1v) is 6.93. The van der Waals surface area contributed by atoms with E-state index in [1.54, 1.807) is 6.08 Å². The molecule has 0 spiro atoms. The number of hydrogen-bond donors (Lipinski definition) is 2. The predicted molar refractivity (Wildman–Crippen MR) is 84.9 cm³/mol. The van der Waals surface area contributed by atoms with E-state index in [2.05, 4.69) is 24.9 Å². The van der Waals surface area contributed by atoms with Gasteiger partial charge in [0.15, 0.2) is 0 Å². The zero-order chi connectivity index (χ0) is 15.1. The van der Waals surface area contributed by atoms with E-state index in [-0.39, 0.29) is 11.9 Å². The SMILES string of the molecule is C=C(C)/C(=C\C(C)=C/CC)NC(=O)C1=CCC(N)C=C1. The minimum atomic E-state index is -0.119. The molecule has 0 saturated carbocycles. The molecule has 0 aromatic rings. The zero-order valence-electron chi connectivity index (χ0n) is 12.6. The number of nitrogens with one attached hydrogen (secondary N) is 1. The Balaban J connectivity index is 2.82. The summed E-state index contributed by atoms with van der Waals surface area (Å²) in [6.07, 6.45) is 11.2. The first kappa shape index (κ1) is 16.2. The Labute approximate surface area is 121 Å². The Morgan fingerprint density at radius 2 is 2.25 bits per heavy atom. The van der Waals surface area contributed by atoms with E-state index >= 15 is 0 Å². The molecule has 0 fully saturated rings. The summed E-state index contributed by atoms with van der Waals surface area (Å²) in [5.74, 6) is -0.119. The van der Waals surface area contributed by atoms with E-state index in [0.717, 1.165) is 23.3 Å². The van der Waals surface area contributed by atoms with Crippen molar-refractivity contribution in [2.24, 2.45) is 5.73 Å². The molecule has 0 heterocycles. The van der Waals surface area contributed by atoms with Crippen molar-refractivity contribution in [3.05, 3.63) is 59.4 Å². The van der Waals surface area contributed by atoms with Gasteiger partial charge in [0.05, 0.1) is 0 Å². The van der Waals surface area contributed by atoms with Crippen LogP contribution < -0.4 is 11.1 Å². The normalized spacial score (nSPS) is 19.6. The van der Waals surface area contributed by atoms with E-state index in [0.29, 0.717) is 12.0 Å². The summed E-state index contributed by atoms with van der Waals surface area (Å²) < 4.78 is 0. The molecular formula is C17H24N2O. The molecular weight excluding hydrogens is 248 g/mol. The van der Waals surface area contributed by atoms with Crippen LogP contribution in [0.25, 0.3) is 0 Å². The van der Waals surface area contributed by atoms with Gasteiger partial charge in [0.2, 0.25) is 0 Å². The van der Waals surface area contributed by atoms with Gasteiger partial charge in [-0.25, -0.2) is 0 Å². The average molecular weight is 272 g/mol.